The maximum absolute atomic E-state index is 13.5. The Morgan fingerprint density at radius 2 is 0.857 bits per heavy atom. The molecule has 3 aromatic carbocycles. The van der Waals surface area contributed by atoms with Gasteiger partial charge in [0.2, 0.25) is 5.91 Å². The lowest BCUT2D eigenvalue weighted by Crippen LogP contribution is -2.52. The molecule has 0 radical (unpaired) electrons. The highest BCUT2D eigenvalue weighted by Crippen LogP contribution is 2.37. The number of anilines is 1. The summed E-state index contributed by atoms with van der Waals surface area (Å²) in [5, 5.41) is 3.21. The second kappa shape index (κ2) is 31.0. The lowest BCUT2D eigenvalue weighted by atomic mass is 10.0. The third-order valence-corrected chi connectivity index (χ3v) is 19.4. The third kappa shape index (κ3) is 15.4. The molecule has 4 fully saturated rings. The largest absolute Gasteiger partial charge is 0.378 e. The zero-order valence-electron chi connectivity index (χ0n) is 53.7. The number of fused-ring (bicyclic) bond motifs is 3. The molecule has 4 aliphatic rings. The number of hydrogen-bond donors (Lipinski definition) is 3. The normalized spacial score (nSPS) is 16.9. The summed E-state index contributed by atoms with van der Waals surface area (Å²) < 4.78 is 16.5. The Bertz CT molecular complexity index is 4580. The Hall–Kier alpha value is -8.01. The maximum Gasteiger partial charge on any atom is 0.272 e. The molecule has 6 N–H and O–H groups in total. The predicted molar refractivity (Wildman–Crippen MR) is 381 cm³/mol. The fourth-order valence-electron chi connectivity index (χ4n) is 12.7. The van der Waals surface area contributed by atoms with Gasteiger partial charge in [0, 0.05) is 193 Å². The minimum absolute atomic E-state index is 0.00540. The topological polar surface area (TPSA) is 262 Å². The number of amides is 4. The van der Waals surface area contributed by atoms with Crippen LogP contribution in [0.2, 0.25) is 30.1 Å². The number of pyridine rings is 3. The van der Waals surface area contributed by atoms with E-state index in [2.05, 4.69) is 34.7 Å². The number of halogens is 6. The van der Waals surface area contributed by atoms with Gasteiger partial charge >= 0.3 is 0 Å². The van der Waals surface area contributed by atoms with E-state index in [1.165, 1.54) is 0 Å². The van der Waals surface area contributed by atoms with Crippen LogP contribution in [0.3, 0.4) is 0 Å². The third-order valence-electron chi connectivity index (χ3n) is 17.7. The first-order valence-electron chi connectivity index (χ1n) is 31.9. The highest BCUT2D eigenvalue weighted by molar-refractivity contribution is 6.37. The van der Waals surface area contributed by atoms with Gasteiger partial charge in [0.05, 0.1) is 56.8 Å². The molecule has 4 aliphatic heterocycles. The summed E-state index contributed by atoms with van der Waals surface area (Å²) in [7, 11) is 0. The molecule has 0 saturated carbocycles. The van der Waals surface area contributed by atoms with E-state index < -0.39 is 0 Å². The van der Waals surface area contributed by atoms with Crippen LogP contribution in [0.25, 0.3) is 50.3 Å². The van der Waals surface area contributed by atoms with E-state index in [9.17, 15) is 19.2 Å². The summed E-state index contributed by atoms with van der Waals surface area (Å²) in [6.07, 6.45) is 15.5. The van der Waals surface area contributed by atoms with Crippen LogP contribution in [0.4, 0.5) is 5.82 Å². The van der Waals surface area contributed by atoms with Crippen LogP contribution in [0.5, 0.6) is 0 Å². The summed E-state index contributed by atoms with van der Waals surface area (Å²) in [6.45, 7) is 13.7. The second-order valence-corrected chi connectivity index (χ2v) is 26.6. The first-order chi connectivity index (χ1) is 47.4. The number of hydrogen-bond acceptors (Lipinski definition) is 16. The van der Waals surface area contributed by atoms with E-state index in [1.54, 1.807) is 86.8 Å². The molecule has 23 nitrogen and oxygen atoms in total. The summed E-state index contributed by atoms with van der Waals surface area (Å²) in [5.74, 6) is 0.681. The van der Waals surface area contributed by atoms with E-state index in [0.29, 0.717) is 182 Å². The Kier molecular flexibility index (Phi) is 22.1. The molecule has 0 bridgehead atoms. The molecule has 14 rings (SSSR count). The van der Waals surface area contributed by atoms with Crippen LogP contribution in [0, 0.1) is 0 Å². The Labute approximate surface area is 595 Å². The molecule has 2 atom stereocenters. The number of piperazine rings is 2. The van der Waals surface area contributed by atoms with Crippen LogP contribution in [-0.2, 0) is 33.9 Å². The summed E-state index contributed by atoms with van der Waals surface area (Å²) in [6, 6.07) is 21.6. The number of benzene rings is 3. The average molecular weight is 1450 g/mol. The highest BCUT2D eigenvalue weighted by atomic mass is 35.5. The number of carbonyl (C=O) groups is 4. The number of rotatable bonds is 12. The molecule has 4 amide bonds. The van der Waals surface area contributed by atoms with Gasteiger partial charge in [0.15, 0.2) is 0 Å². The number of morpholine rings is 2. The number of ether oxygens (including phenoxy) is 2. The zero-order valence-corrected chi connectivity index (χ0v) is 58.3. The first-order valence-corrected chi connectivity index (χ1v) is 34.2. The molecule has 29 heteroatoms. The van der Waals surface area contributed by atoms with E-state index >= 15 is 0 Å². The fourth-order valence-corrected chi connectivity index (χ4v) is 14.2. The van der Waals surface area contributed by atoms with Gasteiger partial charge in [-0.1, -0.05) is 87.8 Å². The maximum atomic E-state index is 13.5. The molecule has 10 aromatic rings. The van der Waals surface area contributed by atoms with E-state index in [0.717, 1.165) is 55.9 Å². The van der Waals surface area contributed by atoms with Crippen molar-refractivity contribution >= 4 is 116 Å². The van der Waals surface area contributed by atoms with Crippen molar-refractivity contribution in [2.75, 3.05) is 103 Å². The Morgan fingerprint density at radius 1 is 0.459 bits per heavy atom. The van der Waals surface area contributed by atoms with Gasteiger partial charge in [0.1, 0.15) is 39.8 Å². The van der Waals surface area contributed by atoms with Gasteiger partial charge in [-0.25, -0.2) is 19.9 Å². The molecule has 0 spiro atoms. The minimum Gasteiger partial charge on any atom is -0.378 e. The van der Waals surface area contributed by atoms with Gasteiger partial charge in [-0.05, 0) is 85.1 Å². The SMILES string of the molecule is CC1CN(C(=O)c2cnc3cc(CN)c(-c4ccc(Cl)cc4Cl)cn23)CC(C)O1.NCc1cc2ncc(C(=O)N3CCN(CC(=O)N4CCOCC4)CC3)n2cc1-c1ccc(Cl)cc1Cl.NCc1cc2ncc(C(=O)N3CCN(c4cnccn4)CC3)n2cc1-c1ccc(Cl)cc1Cl. The van der Waals surface area contributed by atoms with Crippen molar-refractivity contribution in [1.82, 2.24) is 62.6 Å². The average Bonchev–Trinajstić information content (AvgIpc) is 1.56. The van der Waals surface area contributed by atoms with Crippen molar-refractivity contribution in [3.8, 4) is 33.4 Å². The standard InChI is InChI=1S/C25H28Cl2N6O3.C23H21Cl2N7O.C21H22Cl2N4O2/c26-18-1-2-19(21(27)12-18)20-15-33-22(14-29-23(33)11-17(20)13-28)25(35)32-5-3-30(4-6-32)16-24(34)31-7-9-36-10-8-31;24-16-1-2-17(19(25)10-16)18-14-32-20(12-29-21(32)9-15(18)11-26)23(33)31-7-5-30(6-8-31)22-13-27-3-4-28-22;1-12-9-26(10-13(2)29-12)21(28)19-8-25-20-5-14(7-24)17(11-27(19)20)16-4-3-15(22)6-18(16)23/h1-2,11-12,14-15H,3-10,13,16,28H2;1-4,9-10,12-14H,5-8,11,26H2;3-6,8,11-13H,7,9-10,24H2,1-2H3. The van der Waals surface area contributed by atoms with Crippen molar-refractivity contribution in [3.63, 3.8) is 0 Å². The molecule has 510 valence electrons. The summed E-state index contributed by atoms with van der Waals surface area (Å²) in [4.78, 5) is 86.0. The molecule has 4 saturated heterocycles. The van der Waals surface area contributed by atoms with Crippen molar-refractivity contribution in [2.24, 2.45) is 17.2 Å². The highest BCUT2D eigenvalue weighted by Gasteiger charge is 2.31. The quantitative estimate of drug-likeness (QED) is 0.103. The fraction of sp³-hybridized carbons (Fsp3) is 0.319. The number of nitrogens with zero attached hydrogens (tertiary/aromatic N) is 14. The van der Waals surface area contributed by atoms with Gasteiger partial charge < -0.3 is 51.2 Å². The van der Waals surface area contributed by atoms with Crippen LogP contribution < -0.4 is 22.1 Å². The molecule has 11 heterocycles. The summed E-state index contributed by atoms with van der Waals surface area (Å²) in [5.41, 5.74) is 29.0. The van der Waals surface area contributed by atoms with E-state index in [1.807, 2.05) is 88.4 Å². The van der Waals surface area contributed by atoms with Gasteiger partial charge in [-0.15, -0.1) is 0 Å². The van der Waals surface area contributed by atoms with Crippen LogP contribution in [-0.4, -0.2) is 197 Å². The molecule has 7 aromatic heterocycles. The number of carbonyl (C=O) groups excluding carboxylic acids is 4. The Morgan fingerprint density at radius 3 is 1.23 bits per heavy atom. The first kappa shape index (κ1) is 69.9. The lowest BCUT2D eigenvalue weighted by Gasteiger charge is -2.36. The number of nitrogens with two attached hydrogens (primary N) is 3. The molecular weight excluding hydrogens is 1380 g/mol. The van der Waals surface area contributed by atoms with E-state index in [-0.39, 0.29) is 35.8 Å². The predicted octanol–water partition coefficient (Wildman–Crippen LogP) is 9.92. The van der Waals surface area contributed by atoms with Crippen molar-refractivity contribution in [3.05, 3.63) is 192 Å². The van der Waals surface area contributed by atoms with Gasteiger partial charge in [0.25, 0.3) is 17.7 Å². The van der Waals surface area contributed by atoms with Crippen LogP contribution >= 0.6 is 69.6 Å². The number of aromatic nitrogens is 8. The van der Waals surface area contributed by atoms with Crippen LogP contribution in [0.15, 0.2) is 129 Å². The smallest absolute Gasteiger partial charge is 0.272 e. The van der Waals surface area contributed by atoms with Crippen molar-refractivity contribution in [1.29, 1.82) is 0 Å². The molecular formula is C69H71Cl6N17O6. The monoisotopic (exact) mass is 1440 g/mol. The second-order valence-electron chi connectivity index (χ2n) is 24.1. The summed E-state index contributed by atoms with van der Waals surface area (Å²) >= 11 is 37.6. The van der Waals surface area contributed by atoms with Gasteiger partial charge in [-0.3, -0.25) is 42.3 Å². The van der Waals surface area contributed by atoms with Crippen molar-refractivity contribution < 1.29 is 28.7 Å². The van der Waals surface area contributed by atoms with Gasteiger partial charge in [-0.2, -0.15) is 0 Å². The Balaban J connectivity index is 0.000000141. The molecule has 0 aliphatic carbocycles. The molecule has 2 unspecified atom stereocenters. The number of imidazole rings is 3. The minimum atomic E-state index is -0.102. The lowest BCUT2D eigenvalue weighted by molar-refractivity contribution is -0.136. The van der Waals surface area contributed by atoms with Crippen LogP contribution in [0.1, 0.15) is 62.0 Å². The zero-order chi connectivity index (χ0) is 68.9. The molecule has 98 heavy (non-hydrogen) atoms. The van der Waals surface area contributed by atoms with Crippen molar-refractivity contribution in [2.45, 2.75) is 45.7 Å². The van der Waals surface area contributed by atoms with E-state index in [4.69, 9.17) is 96.3 Å².